The molecule has 8 nitrogen and oxygen atoms in total. The van der Waals surface area contributed by atoms with E-state index >= 15 is 0 Å². The molecule has 0 saturated heterocycles. The average molecular weight is 785 g/mol. The van der Waals surface area contributed by atoms with Crippen molar-refractivity contribution in [3.63, 3.8) is 0 Å². The van der Waals surface area contributed by atoms with Crippen LogP contribution >= 0.6 is 34.0 Å². The van der Waals surface area contributed by atoms with Gasteiger partial charge in [0.25, 0.3) is 0 Å². The second kappa shape index (κ2) is 15.0. The number of rotatable bonds is 4. The van der Waals surface area contributed by atoms with Gasteiger partial charge in [-0.1, -0.05) is 18.2 Å². The summed E-state index contributed by atoms with van der Waals surface area (Å²) in [6.07, 6.45) is 3.37. The molecular formula is C38H44Br2N2O6. The molecule has 4 aromatic carbocycles. The van der Waals surface area contributed by atoms with Crippen molar-refractivity contribution in [2.75, 3.05) is 55.6 Å². The minimum Gasteiger partial charge on any atom is -0.493 e. The third-order valence-corrected chi connectivity index (χ3v) is 9.85. The molecule has 0 aromatic heterocycles. The molecule has 8 rings (SSSR count). The zero-order valence-electron chi connectivity index (χ0n) is 28.3. The van der Waals surface area contributed by atoms with Crippen molar-refractivity contribution in [3.8, 4) is 46.0 Å². The maximum atomic E-state index is 7.03. The normalized spacial score (nSPS) is 18.4. The van der Waals surface area contributed by atoms with Crippen molar-refractivity contribution in [1.29, 1.82) is 0 Å². The Kier molecular flexibility index (Phi) is 11.2. The SMILES string of the molecule is Br.Br.COc1ccc2cc1Oc1ccc(cc1)C[C@H]1c3cc(c(OC)cc3CCN1C)Oc1c(OC)c(OC)cc3c1[C@H](C2)N(C)CC3. The molecule has 0 radical (unpaired) electrons. The van der Waals surface area contributed by atoms with Gasteiger partial charge in [0.15, 0.2) is 34.5 Å². The first-order valence-electron chi connectivity index (χ1n) is 15.9. The Hall–Kier alpha value is -3.44. The summed E-state index contributed by atoms with van der Waals surface area (Å²) in [7, 11) is 11.1. The van der Waals surface area contributed by atoms with E-state index in [0.717, 1.165) is 55.6 Å². The predicted octanol–water partition coefficient (Wildman–Crippen LogP) is 8.32. The number of hydrogen-bond acceptors (Lipinski definition) is 8. The third kappa shape index (κ3) is 6.60. The maximum Gasteiger partial charge on any atom is 0.204 e. The fourth-order valence-corrected chi connectivity index (χ4v) is 7.28. The van der Waals surface area contributed by atoms with Gasteiger partial charge in [0.1, 0.15) is 5.75 Å². The van der Waals surface area contributed by atoms with Crippen LogP contribution in [-0.4, -0.2) is 65.4 Å². The summed E-state index contributed by atoms with van der Waals surface area (Å²) in [5, 5.41) is 0. The van der Waals surface area contributed by atoms with Gasteiger partial charge in [-0.05, 0) is 110 Å². The van der Waals surface area contributed by atoms with E-state index in [0.29, 0.717) is 40.2 Å². The van der Waals surface area contributed by atoms with Gasteiger partial charge in [-0.15, -0.1) is 34.0 Å². The van der Waals surface area contributed by atoms with Gasteiger partial charge in [0, 0.05) is 30.7 Å². The number of nitrogens with zero attached hydrogens (tertiary/aromatic N) is 2. The predicted molar refractivity (Wildman–Crippen MR) is 198 cm³/mol. The number of benzene rings is 4. The van der Waals surface area contributed by atoms with Crippen molar-refractivity contribution in [2.24, 2.45) is 0 Å². The number of hydrogen-bond donors (Lipinski definition) is 0. The lowest BCUT2D eigenvalue weighted by molar-refractivity contribution is 0.220. The summed E-state index contributed by atoms with van der Waals surface area (Å²) in [6, 6.07) is 21.2. The highest BCUT2D eigenvalue weighted by Gasteiger charge is 2.34. The van der Waals surface area contributed by atoms with E-state index in [1.54, 1.807) is 28.4 Å². The Labute approximate surface area is 304 Å². The highest BCUT2D eigenvalue weighted by atomic mass is 79.9. The first kappa shape index (κ1) is 35.9. The largest absolute Gasteiger partial charge is 0.493 e. The fourth-order valence-electron chi connectivity index (χ4n) is 7.28. The first-order valence-corrected chi connectivity index (χ1v) is 15.9. The van der Waals surface area contributed by atoms with E-state index in [-0.39, 0.29) is 46.0 Å². The molecular weight excluding hydrogens is 740 g/mol. The number of methoxy groups -OCH3 is 4. The van der Waals surface area contributed by atoms with Crippen LogP contribution in [0.1, 0.15) is 45.5 Å². The van der Waals surface area contributed by atoms with Crippen LogP contribution in [0.25, 0.3) is 0 Å². The summed E-state index contributed by atoms with van der Waals surface area (Å²) < 4.78 is 37.1. The van der Waals surface area contributed by atoms with Gasteiger partial charge in [0.05, 0.1) is 28.4 Å². The summed E-state index contributed by atoms with van der Waals surface area (Å²) in [5.41, 5.74) is 7.15. The van der Waals surface area contributed by atoms with Crippen LogP contribution in [0.3, 0.4) is 0 Å². The van der Waals surface area contributed by atoms with Gasteiger partial charge in [-0.25, -0.2) is 0 Å². The molecule has 4 aliphatic rings. The van der Waals surface area contributed by atoms with E-state index in [4.69, 9.17) is 28.4 Å². The monoisotopic (exact) mass is 782 g/mol. The van der Waals surface area contributed by atoms with Crippen LogP contribution in [0.2, 0.25) is 0 Å². The molecule has 6 bridgehead atoms. The quantitative estimate of drug-likeness (QED) is 0.205. The molecule has 0 saturated carbocycles. The Morgan fingerprint density at radius 3 is 1.90 bits per heavy atom. The molecule has 256 valence electrons. The molecule has 0 amide bonds. The van der Waals surface area contributed by atoms with Crippen LogP contribution in [-0.2, 0) is 25.7 Å². The molecule has 4 aliphatic heterocycles. The topological polar surface area (TPSA) is 61.9 Å². The fraction of sp³-hybridized carbons (Fsp3) is 0.368. The van der Waals surface area contributed by atoms with E-state index < -0.39 is 0 Å². The smallest absolute Gasteiger partial charge is 0.204 e. The van der Waals surface area contributed by atoms with Crippen molar-refractivity contribution in [1.82, 2.24) is 9.80 Å². The molecule has 10 heteroatoms. The number of likely N-dealkylation sites (N-methyl/N-ethyl adjacent to an activating group) is 2. The molecule has 0 aliphatic carbocycles. The molecule has 4 aromatic rings. The Morgan fingerprint density at radius 2 is 1.21 bits per heavy atom. The number of fused-ring (bicyclic) bond motifs is 2. The molecule has 2 atom stereocenters. The van der Waals surface area contributed by atoms with Crippen molar-refractivity contribution in [3.05, 3.63) is 94.0 Å². The van der Waals surface area contributed by atoms with Crippen LogP contribution in [0, 0.1) is 0 Å². The lowest BCUT2D eigenvalue weighted by Crippen LogP contribution is -2.34. The summed E-state index contributed by atoms with van der Waals surface area (Å²) >= 11 is 0. The van der Waals surface area contributed by atoms with Crippen LogP contribution in [0.5, 0.6) is 46.0 Å². The molecule has 4 heterocycles. The van der Waals surface area contributed by atoms with Gasteiger partial charge >= 0.3 is 0 Å². The van der Waals surface area contributed by atoms with Gasteiger partial charge in [-0.3, -0.25) is 9.80 Å². The van der Waals surface area contributed by atoms with E-state index in [9.17, 15) is 0 Å². The zero-order valence-corrected chi connectivity index (χ0v) is 31.8. The van der Waals surface area contributed by atoms with Crippen LogP contribution in [0.4, 0.5) is 0 Å². The highest BCUT2D eigenvalue weighted by molar-refractivity contribution is 8.93. The minimum absolute atomic E-state index is 0. The van der Waals surface area contributed by atoms with Crippen LogP contribution < -0.4 is 28.4 Å². The average Bonchev–Trinajstić information content (AvgIpc) is 3.07. The second-order valence-corrected chi connectivity index (χ2v) is 12.5. The zero-order chi connectivity index (χ0) is 31.9. The molecule has 0 N–H and O–H groups in total. The van der Waals surface area contributed by atoms with Crippen molar-refractivity contribution in [2.45, 2.75) is 37.8 Å². The van der Waals surface area contributed by atoms with Gasteiger partial charge in [0.2, 0.25) is 5.75 Å². The summed E-state index contributed by atoms with van der Waals surface area (Å²) in [4.78, 5) is 4.81. The van der Waals surface area contributed by atoms with Crippen molar-refractivity contribution < 1.29 is 28.4 Å². The van der Waals surface area contributed by atoms with Crippen molar-refractivity contribution >= 4 is 34.0 Å². The minimum atomic E-state index is 0. The summed E-state index contributed by atoms with van der Waals surface area (Å²) in [5.74, 6) is 5.41. The number of halogens is 2. The van der Waals surface area contributed by atoms with E-state index in [1.807, 2.05) is 18.2 Å². The standard InChI is InChI=1S/C38H42N2O6.2BrH/c1-39-15-13-25-20-32(42-4)34-22-28(25)29(39)17-23-7-10-27(11-8-23)45-33-19-24(9-12-31(33)41-3)18-30-36-26(14-16-40(30)2)21-35(43-5)37(44-6)38(36)46-34;;/h7-12,19-22,29-30H,13-18H2,1-6H3;2*1H/t29-,30-;;/m0../s1. The highest BCUT2D eigenvalue weighted by Crippen LogP contribution is 2.52. The molecule has 0 unspecified atom stereocenters. The third-order valence-electron chi connectivity index (χ3n) is 9.85. The molecule has 0 spiro atoms. The van der Waals surface area contributed by atoms with E-state index in [1.165, 1.54) is 22.3 Å². The maximum absolute atomic E-state index is 7.03. The van der Waals surface area contributed by atoms with E-state index in [2.05, 4.69) is 66.4 Å². The lowest BCUT2D eigenvalue weighted by Gasteiger charge is -2.37. The molecule has 48 heavy (non-hydrogen) atoms. The first-order chi connectivity index (χ1) is 22.4. The Balaban J connectivity index is 0.00000225. The lowest BCUT2D eigenvalue weighted by atomic mass is 9.87. The van der Waals surface area contributed by atoms with Gasteiger partial charge in [-0.2, -0.15) is 0 Å². The Bertz CT molecular complexity index is 1770. The molecule has 0 fully saturated rings. The summed E-state index contributed by atoms with van der Waals surface area (Å²) in [6.45, 7) is 1.86. The second-order valence-electron chi connectivity index (χ2n) is 12.5. The Morgan fingerprint density at radius 1 is 0.604 bits per heavy atom. The van der Waals surface area contributed by atoms with Crippen LogP contribution in [0.15, 0.2) is 60.7 Å². The van der Waals surface area contributed by atoms with Gasteiger partial charge < -0.3 is 28.4 Å². The number of ether oxygens (including phenoxy) is 6.